The lowest BCUT2D eigenvalue weighted by atomic mass is 10.2. The topological polar surface area (TPSA) is 41.5 Å². The van der Waals surface area contributed by atoms with Gasteiger partial charge in [0.1, 0.15) is 12.4 Å². The Balaban J connectivity index is 2.46. The molecule has 1 aromatic carbocycles. The Bertz CT molecular complexity index is 427. The minimum absolute atomic E-state index is 0.234. The van der Waals surface area contributed by atoms with Crippen molar-refractivity contribution in [2.75, 3.05) is 13.2 Å². The zero-order valence-electron chi connectivity index (χ0n) is 11.2. The van der Waals surface area contributed by atoms with Crippen LogP contribution in [0, 0.1) is 12.3 Å². The predicted molar refractivity (Wildman–Crippen MR) is 81.1 cm³/mol. The van der Waals surface area contributed by atoms with Gasteiger partial charge in [0.25, 0.3) is 0 Å². The zero-order valence-corrected chi connectivity index (χ0v) is 12.7. The number of rotatable bonds is 8. The van der Waals surface area contributed by atoms with Gasteiger partial charge >= 0.3 is 0 Å². The molecule has 1 rings (SSSR count). The molecule has 3 nitrogen and oxygen atoms in total. The van der Waals surface area contributed by atoms with Crippen LogP contribution < -0.4 is 10.1 Å². The van der Waals surface area contributed by atoms with Gasteiger partial charge in [-0.3, -0.25) is 0 Å². The van der Waals surface area contributed by atoms with E-state index in [2.05, 4.69) is 27.2 Å². The van der Waals surface area contributed by atoms with E-state index in [4.69, 9.17) is 11.2 Å². The van der Waals surface area contributed by atoms with Crippen molar-refractivity contribution in [3.8, 4) is 18.1 Å². The number of terminal acetylenes is 1. The number of ether oxygens (including phenoxy) is 1. The molecule has 0 aliphatic heterocycles. The second-order valence-electron chi connectivity index (χ2n) is 4.41. The summed E-state index contributed by atoms with van der Waals surface area (Å²) < 4.78 is 6.51. The van der Waals surface area contributed by atoms with Gasteiger partial charge in [0.2, 0.25) is 0 Å². The summed E-state index contributed by atoms with van der Waals surface area (Å²) in [5.74, 6) is 3.27. The van der Waals surface area contributed by atoms with E-state index in [1.165, 1.54) is 0 Å². The van der Waals surface area contributed by atoms with Crippen LogP contribution in [-0.4, -0.2) is 24.4 Å². The molecular weight excluding hydrogens is 306 g/mol. The summed E-state index contributed by atoms with van der Waals surface area (Å²) in [4.78, 5) is 0. The van der Waals surface area contributed by atoms with E-state index in [9.17, 15) is 5.11 Å². The van der Waals surface area contributed by atoms with Gasteiger partial charge in [-0.05, 0) is 44.5 Å². The Kier molecular flexibility index (Phi) is 7.57. The van der Waals surface area contributed by atoms with Crippen molar-refractivity contribution in [1.29, 1.82) is 0 Å². The number of benzene rings is 1. The minimum atomic E-state index is -0.234. The lowest BCUT2D eigenvalue weighted by Crippen LogP contribution is -2.17. The number of hydrogen-bond acceptors (Lipinski definition) is 3. The molecule has 0 spiro atoms. The molecule has 4 heteroatoms. The molecular formula is C15H20BrNO2. The van der Waals surface area contributed by atoms with Gasteiger partial charge in [-0.1, -0.05) is 21.9 Å². The quantitative estimate of drug-likeness (QED) is 0.570. The van der Waals surface area contributed by atoms with Crippen LogP contribution in [0.1, 0.15) is 25.3 Å². The van der Waals surface area contributed by atoms with Crippen LogP contribution in [0.5, 0.6) is 5.75 Å². The van der Waals surface area contributed by atoms with Crippen molar-refractivity contribution in [3.63, 3.8) is 0 Å². The number of hydrogen-bond donors (Lipinski definition) is 2. The van der Waals surface area contributed by atoms with Crippen LogP contribution in [0.3, 0.4) is 0 Å². The minimum Gasteiger partial charge on any atom is -0.481 e. The molecule has 0 aromatic heterocycles. The standard InChI is InChI=1S/C15H20BrNO2/c1-3-9-19-15-7-6-14(16)10-13(15)11-17-8-4-5-12(2)18/h1,6-7,10,12,17-18H,4-5,8-9,11H2,2H3. The fourth-order valence-corrected chi connectivity index (χ4v) is 2.10. The second-order valence-corrected chi connectivity index (χ2v) is 5.33. The van der Waals surface area contributed by atoms with Gasteiger partial charge in [0.15, 0.2) is 0 Å². The highest BCUT2D eigenvalue weighted by atomic mass is 79.9. The first-order chi connectivity index (χ1) is 9.13. The summed E-state index contributed by atoms with van der Waals surface area (Å²) in [6.07, 6.45) is 6.73. The average molecular weight is 326 g/mol. The molecule has 0 amide bonds. The summed E-state index contributed by atoms with van der Waals surface area (Å²) in [6, 6.07) is 5.87. The molecule has 2 N–H and O–H groups in total. The number of halogens is 1. The molecule has 0 fully saturated rings. The van der Waals surface area contributed by atoms with Crippen LogP contribution in [0.2, 0.25) is 0 Å². The van der Waals surface area contributed by atoms with Crippen molar-refractivity contribution >= 4 is 15.9 Å². The van der Waals surface area contributed by atoms with E-state index >= 15 is 0 Å². The summed E-state index contributed by atoms with van der Waals surface area (Å²) >= 11 is 3.45. The highest BCUT2D eigenvalue weighted by molar-refractivity contribution is 9.10. The monoisotopic (exact) mass is 325 g/mol. The van der Waals surface area contributed by atoms with Crippen LogP contribution in [0.25, 0.3) is 0 Å². The fourth-order valence-electron chi connectivity index (χ4n) is 1.69. The second kappa shape index (κ2) is 8.98. The maximum absolute atomic E-state index is 9.17. The van der Waals surface area contributed by atoms with E-state index < -0.39 is 0 Å². The van der Waals surface area contributed by atoms with Gasteiger partial charge in [0.05, 0.1) is 6.10 Å². The Morgan fingerprint density at radius 3 is 3.00 bits per heavy atom. The molecule has 0 saturated carbocycles. The molecule has 0 bridgehead atoms. The molecule has 0 heterocycles. The SMILES string of the molecule is C#CCOc1ccc(Br)cc1CNCCCC(C)O. The van der Waals surface area contributed by atoms with Gasteiger partial charge in [0, 0.05) is 16.6 Å². The lowest BCUT2D eigenvalue weighted by Gasteiger charge is -2.11. The van der Waals surface area contributed by atoms with Crippen LogP contribution >= 0.6 is 15.9 Å². The van der Waals surface area contributed by atoms with Gasteiger partial charge in [-0.2, -0.15) is 0 Å². The third-order valence-corrected chi connectivity index (χ3v) is 3.12. The van der Waals surface area contributed by atoms with Crippen LogP contribution in [-0.2, 0) is 6.54 Å². The molecule has 1 aromatic rings. The largest absolute Gasteiger partial charge is 0.481 e. The first-order valence-electron chi connectivity index (χ1n) is 6.37. The first-order valence-corrected chi connectivity index (χ1v) is 7.16. The smallest absolute Gasteiger partial charge is 0.148 e. The first kappa shape index (κ1) is 16.0. The number of aliphatic hydroxyl groups is 1. The number of nitrogens with one attached hydrogen (secondary N) is 1. The molecule has 0 saturated heterocycles. The van der Waals surface area contributed by atoms with Crippen molar-refractivity contribution in [1.82, 2.24) is 5.32 Å². The third kappa shape index (κ3) is 6.63. The molecule has 0 aliphatic carbocycles. The van der Waals surface area contributed by atoms with Gasteiger partial charge < -0.3 is 15.2 Å². The predicted octanol–water partition coefficient (Wildman–Crippen LogP) is 2.71. The molecule has 1 unspecified atom stereocenters. The molecule has 19 heavy (non-hydrogen) atoms. The lowest BCUT2D eigenvalue weighted by molar-refractivity contribution is 0.181. The van der Waals surface area contributed by atoms with E-state index in [1.54, 1.807) is 6.92 Å². The Morgan fingerprint density at radius 2 is 2.32 bits per heavy atom. The van der Waals surface area contributed by atoms with Gasteiger partial charge in [-0.15, -0.1) is 6.42 Å². The molecule has 0 radical (unpaired) electrons. The summed E-state index contributed by atoms with van der Waals surface area (Å²) in [7, 11) is 0. The summed E-state index contributed by atoms with van der Waals surface area (Å²) in [5.41, 5.74) is 1.07. The van der Waals surface area contributed by atoms with E-state index in [0.717, 1.165) is 41.7 Å². The zero-order chi connectivity index (χ0) is 14.1. The highest BCUT2D eigenvalue weighted by Gasteiger charge is 2.04. The Labute approximate surface area is 123 Å². The van der Waals surface area contributed by atoms with E-state index in [1.807, 2.05) is 18.2 Å². The van der Waals surface area contributed by atoms with Crippen LogP contribution in [0.15, 0.2) is 22.7 Å². The van der Waals surface area contributed by atoms with Crippen molar-refractivity contribution in [2.24, 2.45) is 0 Å². The van der Waals surface area contributed by atoms with Gasteiger partial charge in [-0.25, -0.2) is 0 Å². The average Bonchev–Trinajstić information content (AvgIpc) is 2.37. The summed E-state index contributed by atoms with van der Waals surface area (Å²) in [6.45, 7) is 3.67. The fraction of sp³-hybridized carbons (Fsp3) is 0.467. The third-order valence-electron chi connectivity index (χ3n) is 2.62. The van der Waals surface area contributed by atoms with Crippen molar-refractivity contribution in [2.45, 2.75) is 32.4 Å². The molecule has 0 aliphatic rings. The van der Waals surface area contributed by atoms with E-state index in [0.29, 0.717) is 0 Å². The van der Waals surface area contributed by atoms with Crippen LogP contribution in [0.4, 0.5) is 0 Å². The summed E-state index contributed by atoms with van der Waals surface area (Å²) in [5, 5.41) is 12.5. The Hall–Kier alpha value is -1.02. The van der Waals surface area contributed by atoms with Crippen molar-refractivity contribution < 1.29 is 9.84 Å². The maximum Gasteiger partial charge on any atom is 0.148 e. The normalized spacial score (nSPS) is 11.9. The molecule has 104 valence electrons. The molecule has 1 atom stereocenters. The van der Waals surface area contributed by atoms with Crippen molar-refractivity contribution in [3.05, 3.63) is 28.2 Å². The Morgan fingerprint density at radius 1 is 1.53 bits per heavy atom. The maximum atomic E-state index is 9.17. The number of aliphatic hydroxyl groups excluding tert-OH is 1. The van der Waals surface area contributed by atoms with E-state index in [-0.39, 0.29) is 12.7 Å². The highest BCUT2D eigenvalue weighted by Crippen LogP contribution is 2.23.